The molecule has 4 N–H and O–H groups in total. The molecule has 0 aliphatic carbocycles. The zero-order chi connectivity index (χ0) is 9.40. The molecule has 1 unspecified atom stereocenters. The monoisotopic (exact) mass is 210 g/mol. The molecule has 0 heterocycles. The van der Waals surface area contributed by atoms with Crippen LogP contribution in [0.5, 0.6) is 0 Å². The van der Waals surface area contributed by atoms with Crippen molar-refractivity contribution < 1.29 is 9.90 Å². The predicted octanol–water partition coefficient (Wildman–Crippen LogP) is 0.600. The van der Waals surface area contributed by atoms with Crippen molar-refractivity contribution >= 4 is 18.4 Å². The number of halogens is 1. The largest absolute Gasteiger partial charge is 0.480 e. The van der Waals surface area contributed by atoms with Crippen molar-refractivity contribution in [2.75, 3.05) is 13.1 Å². The number of nitrogens with two attached hydrogens (primary N) is 1. The first-order valence-electron chi connectivity index (χ1n) is 4.38. The van der Waals surface area contributed by atoms with Gasteiger partial charge in [-0.25, -0.2) is 0 Å². The molecule has 0 aromatic heterocycles. The van der Waals surface area contributed by atoms with Gasteiger partial charge in [-0.1, -0.05) is 13.3 Å². The minimum Gasteiger partial charge on any atom is -0.480 e. The molecule has 0 aliphatic heterocycles. The number of hydrogen-bond acceptors (Lipinski definition) is 3. The Bertz CT molecular complexity index is 133. The molecule has 1 atom stereocenters. The van der Waals surface area contributed by atoms with E-state index in [-0.39, 0.29) is 12.4 Å². The minimum atomic E-state index is -0.770. The van der Waals surface area contributed by atoms with Gasteiger partial charge < -0.3 is 16.2 Å². The number of carboxylic acids is 1. The summed E-state index contributed by atoms with van der Waals surface area (Å²) in [7, 11) is 0. The lowest BCUT2D eigenvalue weighted by atomic mass is 10.1. The van der Waals surface area contributed by atoms with E-state index in [1.54, 1.807) is 0 Å². The zero-order valence-corrected chi connectivity index (χ0v) is 8.77. The molecule has 0 aromatic carbocycles. The van der Waals surface area contributed by atoms with Crippen LogP contribution in [0.25, 0.3) is 0 Å². The number of aliphatic carboxylic acids is 1. The van der Waals surface area contributed by atoms with Crippen LogP contribution in [0.2, 0.25) is 0 Å². The SMILES string of the molecule is CCNC(CCCCN)C(=O)O.Cl. The maximum Gasteiger partial charge on any atom is 0.320 e. The van der Waals surface area contributed by atoms with Crippen molar-refractivity contribution in [1.82, 2.24) is 5.32 Å². The Morgan fingerprint density at radius 1 is 1.54 bits per heavy atom. The summed E-state index contributed by atoms with van der Waals surface area (Å²) in [5, 5.41) is 11.6. The second-order valence-electron chi connectivity index (χ2n) is 2.73. The van der Waals surface area contributed by atoms with Gasteiger partial charge in [0.1, 0.15) is 6.04 Å². The second kappa shape index (κ2) is 9.77. The van der Waals surface area contributed by atoms with E-state index in [2.05, 4.69) is 5.32 Å². The van der Waals surface area contributed by atoms with Crippen LogP contribution in [0.15, 0.2) is 0 Å². The highest BCUT2D eigenvalue weighted by molar-refractivity contribution is 5.85. The van der Waals surface area contributed by atoms with Gasteiger partial charge >= 0.3 is 5.97 Å². The first-order chi connectivity index (χ1) is 5.72. The van der Waals surface area contributed by atoms with Crippen LogP contribution in [-0.2, 0) is 4.79 Å². The highest BCUT2D eigenvalue weighted by atomic mass is 35.5. The van der Waals surface area contributed by atoms with Crippen LogP contribution >= 0.6 is 12.4 Å². The average Bonchev–Trinajstić information content (AvgIpc) is 2.03. The van der Waals surface area contributed by atoms with Gasteiger partial charge in [0.15, 0.2) is 0 Å². The standard InChI is InChI=1S/C8H18N2O2.ClH/c1-2-10-7(8(11)12)5-3-4-6-9;/h7,10H,2-6,9H2,1H3,(H,11,12);1H. The van der Waals surface area contributed by atoms with Crippen molar-refractivity contribution in [3.05, 3.63) is 0 Å². The molecular formula is C8H19ClN2O2. The normalized spacial score (nSPS) is 11.8. The summed E-state index contributed by atoms with van der Waals surface area (Å²) in [6.45, 7) is 3.23. The molecule has 0 aliphatic rings. The van der Waals surface area contributed by atoms with E-state index in [0.29, 0.717) is 19.5 Å². The van der Waals surface area contributed by atoms with Gasteiger partial charge in [0, 0.05) is 0 Å². The van der Waals surface area contributed by atoms with Crippen LogP contribution in [0, 0.1) is 0 Å². The number of carboxylic acid groups (broad SMARTS) is 1. The van der Waals surface area contributed by atoms with Gasteiger partial charge in [-0.15, -0.1) is 12.4 Å². The summed E-state index contributed by atoms with van der Waals surface area (Å²) in [5.74, 6) is -0.770. The highest BCUT2D eigenvalue weighted by Gasteiger charge is 2.14. The van der Waals surface area contributed by atoms with E-state index in [0.717, 1.165) is 12.8 Å². The molecule has 5 heteroatoms. The topological polar surface area (TPSA) is 75.3 Å². The van der Waals surface area contributed by atoms with Gasteiger partial charge in [-0.2, -0.15) is 0 Å². The third-order valence-electron chi connectivity index (χ3n) is 1.70. The summed E-state index contributed by atoms with van der Waals surface area (Å²) < 4.78 is 0. The number of carbonyl (C=O) groups is 1. The predicted molar refractivity (Wildman–Crippen MR) is 55.3 cm³/mol. The van der Waals surface area contributed by atoms with Crippen LogP contribution in [0.4, 0.5) is 0 Å². The number of unbranched alkanes of at least 4 members (excludes halogenated alkanes) is 1. The minimum absolute atomic E-state index is 0. The molecule has 0 fully saturated rings. The van der Waals surface area contributed by atoms with Crippen molar-refractivity contribution in [3.63, 3.8) is 0 Å². The van der Waals surface area contributed by atoms with E-state index >= 15 is 0 Å². The molecule has 0 amide bonds. The lowest BCUT2D eigenvalue weighted by Crippen LogP contribution is -2.36. The summed E-state index contributed by atoms with van der Waals surface area (Å²) >= 11 is 0. The number of hydrogen-bond donors (Lipinski definition) is 3. The number of nitrogens with one attached hydrogen (secondary N) is 1. The summed E-state index contributed by atoms with van der Waals surface area (Å²) in [6.07, 6.45) is 2.44. The highest BCUT2D eigenvalue weighted by Crippen LogP contribution is 1.99. The first-order valence-corrected chi connectivity index (χ1v) is 4.38. The maximum absolute atomic E-state index is 10.6. The quantitative estimate of drug-likeness (QED) is 0.538. The molecule has 13 heavy (non-hydrogen) atoms. The van der Waals surface area contributed by atoms with Crippen LogP contribution < -0.4 is 11.1 Å². The molecular weight excluding hydrogens is 192 g/mol. The Hall–Kier alpha value is -0.320. The third kappa shape index (κ3) is 8.02. The molecule has 0 aromatic rings. The number of likely N-dealkylation sites (N-methyl/N-ethyl adjacent to an activating group) is 1. The average molecular weight is 211 g/mol. The Morgan fingerprint density at radius 2 is 2.15 bits per heavy atom. The Kier molecular flexibility index (Phi) is 11.4. The maximum atomic E-state index is 10.6. The van der Waals surface area contributed by atoms with Crippen LogP contribution in [0.3, 0.4) is 0 Å². The van der Waals surface area contributed by atoms with Gasteiger partial charge in [-0.3, -0.25) is 4.79 Å². The van der Waals surface area contributed by atoms with E-state index in [4.69, 9.17) is 10.8 Å². The zero-order valence-electron chi connectivity index (χ0n) is 7.95. The van der Waals surface area contributed by atoms with E-state index in [1.165, 1.54) is 0 Å². The molecule has 0 saturated heterocycles. The summed E-state index contributed by atoms with van der Waals surface area (Å²) in [4.78, 5) is 10.6. The smallest absolute Gasteiger partial charge is 0.320 e. The molecule has 0 bridgehead atoms. The first kappa shape index (κ1) is 15.2. The molecule has 0 radical (unpaired) electrons. The third-order valence-corrected chi connectivity index (χ3v) is 1.70. The summed E-state index contributed by atoms with van der Waals surface area (Å²) in [5.41, 5.74) is 5.30. The molecule has 0 saturated carbocycles. The van der Waals surface area contributed by atoms with Crippen LogP contribution in [-0.4, -0.2) is 30.2 Å². The number of rotatable bonds is 7. The van der Waals surface area contributed by atoms with Crippen molar-refractivity contribution in [3.8, 4) is 0 Å². The fraction of sp³-hybridized carbons (Fsp3) is 0.875. The molecule has 80 valence electrons. The van der Waals surface area contributed by atoms with E-state index in [9.17, 15) is 4.79 Å². The molecule has 0 spiro atoms. The summed E-state index contributed by atoms with van der Waals surface area (Å²) in [6, 6.07) is -0.401. The van der Waals surface area contributed by atoms with Crippen molar-refractivity contribution in [2.45, 2.75) is 32.2 Å². The molecule has 4 nitrogen and oxygen atoms in total. The Balaban J connectivity index is 0. The van der Waals surface area contributed by atoms with Crippen molar-refractivity contribution in [1.29, 1.82) is 0 Å². The van der Waals surface area contributed by atoms with E-state index < -0.39 is 12.0 Å². The fourth-order valence-corrected chi connectivity index (χ4v) is 1.05. The van der Waals surface area contributed by atoms with Gasteiger partial charge in [-0.05, 0) is 25.9 Å². The lowest BCUT2D eigenvalue weighted by molar-refractivity contribution is -0.139. The fourth-order valence-electron chi connectivity index (χ4n) is 1.05. The van der Waals surface area contributed by atoms with Crippen LogP contribution in [0.1, 0.15) is 26.2 Å². The second-order valence-corrected chi connectivity index (χ2v) is 2.73. The Labute approximate surface area is 85.3 Å². The van der Waals surface area contributed by atoms with Gasteiger partial charge in [0.2, 0.25) is 0 Å². The lowest BCUT2D eigenvalue weighted by Gasteiger charge is -2.11. The Morgan fingerprint density at radius 3 is 2.54 bits per heavy atom. The van der Waals surface area contributed by atoms with Crippen molar-refractivity contribution in [2.24, 2.45) is 5.73 Å². The van der Waals surface area contributed by atoms with Gasteiger partial charge in [0.05, 0.1) is 0 Å². The van der Waals surface area contributed by atoms with Gasteiger partial charge in [0.25, 0.3) is 0 Å². The van der Waals surface area contributed by atoms with E-state index in [1.807, 2.05) is 6.92 Å². The molecule has 0 rings (SSSR count).